The topological polar surface area (TPSA) is 87.1 Å². The molecule has 0 radical (unpaired) electrons. The van der Waals surface area contributed by atoms with Gasteiger partial charge in [-0.05, 0) is 18.6 Å². The maximum Gasteiger partial charge on any atom is 0.320 e. The van der Waals surface area contributed by atoms with E-state index in [0.29, 0.717) is 12.2 Å². The molecular weight excluding hydrogens is 280 g/mol. The summed E-state index contributed by atoms with van der Waals surface area (Å²) in [6.07, 6.45) is 1.00. The van der Waals surface area contributed by atoms with Crippen LogP contribution in [0.1, 0.15) is 19.8 Å². The van der Waals surface area contributed by atoms with Gasteiger partial charge >= 0.3 is 6.03 Å². The summed E-state index contributed by atoms with van der Waals surface area (Å²) in [7, 11) is 0. The molecule has 0 fully saturated rings. The Morgan fingerprint density at radius 1 is 1.18 bits per heavy atom. The molecular formula is C16H20N4O2. The van der Waals surface area contributed by atoms with E-state index in [2.05, 4.69) is 20.8 Å². The average Bonchev–Trinajstić information content (AvgIpc) is 2.55. The van der Waals surface area contributed by atoms with Gasteiger partial charge in [0.1, 0.15) is 0 Å². The summed E-state index contributed by atoms with van der Waals surface area (Å²) in [5.41, 5.74) is 1.71. The third-order valence-electron chi connectivity index (χ3n) is 3.10. The fourth-order valence-electron chi connectivity index (χ4n) is 1.97. The monoisotopic (exact) mass is 300 g/mol. The molecule has 3 N–H and O–H groups in total. The number of urea groups is 1. The Morgan fingerprint density at radius 2 is 1.95 bits per heavy atom. The van der Waals surface area contributed by atoms with Crippen molar-refractivity contribution in [2.45, 2.75) is 25.9 Å². The number of carbonyl (C=O) groups excluding carboxylic acids is 1. The largest absolute Gasteiger partial charge is 0.391 e. The van der Waals surface area contributed by atoms with Crippen LogP contribution >= 0.6 is 0 Å². The first-order valence-corrected chi connectivity index (χ1v) is 7.31. The van der Waals surface area contributed by atoms with Crippen LogP contribution in [0.3, 0.4) is 0 Å². The van der Waals surface area contributed by atoms with E-state index in [1.165, 1.54) is 0 Å². The summed E-state index contributed by atoms with van der Waals surface area (Å²) in [5, 5.41) is 22.8. The number of aliphatic hydroxyl groups excluding tert-OH is 1. The van der Waals surface area contributed by atoms with Gasteiger partial charge in [-0.25, -0.2) is 4.79 Å². The van der Waals surface area contributed by atoms with Crippen LogP contribution in [0.2, 0.25) is 0 Å². The minimum Gasteiger partial charge on any atom is -0.391 e. The van der Waals surface area contributed by atoms with Crippen molar-refractivity contribution in [3.05, 3.63) is 42.5 Å². The van der Waals surface area contributed by atoms with Crippen LogP contribution in [0, 0.1) is 0 Å². The van der Waals surface area contributed by atoms with Crippen molar-refractivity contribution in [2.24, 2.45) is 0 Å². The summed E-state index contributed by atoms with van der Waals surface area (Å²) in [5.74, 6) is 0.363. The molecule has 1 aromatic heterocycles. The Balaban J connectivity index is 1.87. The van der Waals surface area contributed by atoms with E-state index >= 15 is 0 Å². The Labute approximate surface area is 129 Å². The highest BCUT2D eigenvalue weighted by Gasteiger charge is 2.07. The lowest BCUT2D eigenvalue weighted by Crippen LogP contribution is -2.35. The summed E-state index contributed by atoms with van der Waals surface area (Å²) in [6, 6.07) is 12.8. The number of hydrogen-bond acceptors (Lipinski definition) is 4. The highest BCUT2D eigenvalue weighted by atomic mass is 16.3. The molecule has 6 nitrogen and oxygen atoms in total. The molecule has 6 heteroatoms. The van der Waals surface area contributed by atoms with Gasteiger partial charge in [0.05, 0.1) is 11.8 Å². The lowest BCUT2D eigenvalue weighted by molar-refractivity contribution is 0.162. The van der Waals surface area contributed by atoms with E-state index in [4.69, 9.17) is 0 Å². The van der Waals surface area contributed by atoms with Crippen LogP contribution in [0.4, 0.5) is 10.6 Å². The Kier molecular flexibility index (Phi) is 5.85. The summed E-state index contributed by atoms with van der Waals surface area (Å²) >= 11 is 0. The second-order valence-corrected chi connectivity index (χ2v) is 4.95. The van der Waals surface area contributed by atoms with Crippen molar-refractivity contribution in [1.82, 2.24) is 15.5 Å². The first kappa shape index (κ1) is 15.9. The van der Waals surface area contributed by atoms with Crippen molar-refractivity contribution in [3.63, 3.8) is 0 Å². The van der Waals surface area contributed by atoms with Gasteiger partial charge in [-0.15, -0.1) is 10.2 Å². The van der Waals surface area contributed by atoms with Crippen molar-refractivity contribution < 1.29 is 9.90 Å². The fraction of sp³-hybridized carbons (Fsp3) is 0.312. The van der Waals surface area contributed by atoms with Gasteiger partial charge in [-0.3, -0.25) is 5.32 Å². The van der Waals surface area contributed by atoms with Gasteiger partial charge in [-0.1, -0.05) is 43.7 Å². The SMILES string of the molecule is CCCC(O)CNC(=O)Nc1ccc(-c2ccccc2)nn1. The third-order valence-corrected chi connectivity index (χ3v) is 3.10. The lowest BCUT2D eigenvalue weighted by atomic mass is 10.1. The van der Waals surface area contributed by atoms with Crippen LogP contribution in [-0.2, 0) is 0 Å². The maximum atomic E-state index is 11.7. The molecule has 1 aromatic carbocycles. The minimum absolute atomic E-state index is 0.217. The van der Waals surface area contributed by atoms with Crippen LogP contribution in [-0.4, -0.2) is 34.0 Å². The van der Waals surface area contributed by atoms with Gasteiger partial charge in [-0.2, -0.15) is 0 Å². The summed E-state index contributed by atoms with van der Waals surface area (Å²) in [6.45, 7) is 2.20. The zero-order valence-corrected chi connectivity index (χ0v) is 12.5. The molecule has 0 saturated heterocycles. The maximum absolute atomic E-state index is 11.7. The zero-order valence-electron chi connectivity index (χ0n) is 12.5. The van der Waals surface area contributed by atoms with Gasteiger partial charge in [0.25, 0.3) is 0 Å². The molecule has 2 aromatic rings. The second-order valence-electron chi connectivity index (χ2n) is 4.95. The molecule has 2 amide bonds. The number of rotatable bonds is 6. The van der Waals surface area contributed by atoms with Crippen LogP contribution in [0.15, 0.2) is 42.5 Å². The van der Waals surface area contributed by atoms with Crippen LogP contribution in [0.5, 0.6) is 0 Å². The molecule has 0 saturated carbocycles. The van der Waals surface area contributed by atoms with Gasteiger partial charge < -0.3 is 10.4 Å². The van der Waals surface area contributed by atoms with Gasteiger partial charge in [0.2, 0.25) is 0 Å². The van der Waals surface area contributed by atoms with E-state index < -0.39 is 12.1 Å². The molecule has 2 rings (SSSR count). The molecule has 0 aliphatic heterocycles. The third kappa shape index (κ3) is 4.82. The Bertz CT molecular complexity index is 587. The molecule has 0 bridgehead atoms. The van der Waals surface area contributed by atoms with Crippen molar-refractivity contribution in [3.8, 4) is 11.3 Å². The van der Waals surface area contributed by atoms with Crippen molar-refractivity contribution in [1.29, 1.82) is 0 Å². The molecule has 116 valence electrons. The van der Waals surface area contributed by atoms with Gasteiger partial charge in [0.15, 0.2) is 5.82 Å². The molecule has 1 heterocycles. The minimum atomic E-state index is -0.526. The predicted octanol–water partition coefficient (Wildman–Crippen LogP) is 2.43. The Morgan fingerprint density at radius 3 is 2.59 bits per heavy atom. The van der Waals surface area contributed by atoms with Crippen LogP contribution < -0.4 is 10.6 Å². The van der Waals surface area contributed by atoms with Crippen molar-refractivity contribution >= 4 is 11.8 Å². The van der Waals surface area contributed by atoms with Crippen LogP contribution in [0.25, 0.3) is 11.3 Å². The summed E-state index contributed by atoms with van der Waals surface area (Å²) in [4.78, 5) is 11.7. The lowest BCUT2D eigenvalue weighted by Gasteiger charge is -2.11. The highest BCUT2D eigenvalue weighted by Crippen LogP contribution is 2.16. The molecule has 22 heavy (non-hydrogen) atoms. The quantitative estimate of drug-likeness (QED) is 0.764. The number of aromatic nitrogens is 2. The van der Waals surface area contributed by atoms with Gasteiger partial charge in [0, 0.05) is 12.1 Å². The van der Waals surface area contributed by atoms with E-state index in [1.807, 2.05) is 37.3 Å². The number of benzene rings is 1. The fourth-order valence-corrected chi connectivity index (χ4v) is 1.97. The number of anilines is 1. The number of carbonyl (C=O) groups is 1. The normalized spacial score (nSPS) is 11.7. The number of hydrogen-bond donors (Lipinski definition) is 3. The van der Waals surface area contributed by atoms with E-state index in [9.17, 15) is 9.90 Å². The molecule has 0 aliphatic rings. The second kappa shape index (κ2) is 8.09. The summed E-state index contributed by atoms with van der Waals surface area (Å²) < 4.78 is 0. The Hall–Kier alpha value is -2.47. The number of aliphatic hydroxyl groups is 1. The molecule has 1 atom stereocenters. The average molecular weight is 300 g/mol. The molecule has 1 unspecified atom stereocenters. The van der Waals surface area contributed by atoms with E-state index in [1.54, 1.807) is 12.1 Å². The van der Waals surface area contributed by atoms with E-state index in [-0.39, 0.29) is 6.54 Å². The number of nitrogens with one attached hydrogen (secondary N) is 2. The van der Waals surface area contributed by atoms with Crippen molar-refractivity contribution in [2.75, 3.05) is 11.9 Å². The number of amides is 2. The smallest absolute Gasteiger partial charge is 0.320 e. The molecule has 0 spiro atoms. The standard InChI is InChI=1S/C16H20N4O2/c1-2-6-13(21)11-17-16(22)18-15-10-9-14(19-20-15)12-7-4-3-5-8-12/h3-5,7-10,13,21H,2,6,11H2,1H3,(H2,17,18,20,22). The first-order valence-electron chi connectivity index (χ1n) is 7.31. The first-order chi connectivity index (χ1) is 10.7. The predicted molar refractivity (Wildman–Crippen MR) is 85.4 cm³/mol. The number of nitrogens with zero attached hydrogens (tertiary/aromatic N) is 2. The molecule has 0 aliphatic carbocycles. The van der Waals surface area contributed by atoms with E-state index in [0.717, 1.165) is 17.7 Å². The zero-order chi connectivity index (χ0) is 15.8. The highest BCUT2D eigenvalue weighted by molar-refractivity contribution is 5.88.